The first-order valence-corrected chi connectivity index (χ1v) is 21.7. The van der Waals surface area contributed by atoms with Gasteiger partial charge in [0.15, 0.2) is 0 Å². The fourth-order valence-electron chi connectivity index (χ4n) is 5.90. The highest BCUT2D eigenvalue weighted by atomic mass is 29.6. The van der Waals surface area contributed by atoms with Crippen LogP contribution in [0.3, 0.4) is 0 Å². The van der Waals surface area contributed by atoms with Gasteiger partial charge in [-0.2, -0.15) is 0 Å². The minimum absolute atomic E-state index is 0.342. The van der Waals surface area contributed by atoms with Crippen molar-refractivity contribution in [2.24, 2.45) is 0 Å². The van der Waals surface area contributed by atoms with E-state index in [4.69, 9.17) is 4.43 Å². The molecule has 184 valence electrons. The molecule has 0 spiro atoms. The molecule has 0 saturated carbocycles. The van der Waals surface area contributed by atoms with Gasteiger partial charge in [0.1, 0.15) is 7.11 Å². The Kier molecular flexibility index (Phi) is 7.53. The van der Waals surface area contributed by atoms with E-state index in [9.17, 15) is 0 Å². The maximum Gasteiger partial charge on any atom is 0.249 e. The lowest BCUT2D eigenvalue weighted by molar-refractivity contribution is 0.132. The zero-order valence-corrected chi connectivity index (χ0v) is 25.2. The van der Waals surface area contributed by atoms with Crippen molar-refractivity contribution in [3.8, 4) is 0 Å². The Hall–Kier alpha value is -2.77. The van der Waals surface area contributed by atoms with Gasteiger partial charge < -0.3 is 4.43 Å². The van der Waals surface area contributed by atoms with E-state index in [-0.39, 0.29) is 5.60 Å². The Balaban J connectivity index is 2.35. The van der Waals surface area contributed by atoms with Crippen LogP contribution in [0.4, 0.5) is 0 Å². The average Bonchev–Trinajstić information content (AvgIpc) is 2.90. The van der Waals surface area contributed by atoms with Gasteiger partial charge in [-0.15, -0.1) is 12.3 Å². The maximum atomic E-state index is 7.75. The molecule has 4 aromatic rings. The highest BCUT2D eigenvalue weighted by molar-refractivity contribution is 7.81. The van der Waals surface area contributed by atoms with E-state index in [2.05, 4.69) is 167 Å². The lowest BCUT2D eigenvalue weighted by Gasteiger charge is -2.56. The molecule has 0 bridgehead atoms. The highest BCUT2D eigenvalue weighted by Crippen LogP contribution is 2.34. The Morgan fingerprint density at radius 1 is 0.556 bits per heavy atom. The predicted molar refractivity (Wildman–Crippen MR) is 164 cm³/mol. The fraction of sp³-hybridized carbons (Fsp3) is 0.188. The molecule has 0 aliphatic carbocycles. The summed E-state index contributed by atoms with van der Waals surface area (Å²) in [6, 6.07) is 44.9. The summed E-state index contributed by atoms with van der Waals surface area (Å²) in [6.07, 6.45) is 0. The van der Waals surface area contributed by atoms with Gasteiger partial charge in [0.25, 0.3) is 0 Å². The first-order chi connectivity index (χ1) is 17.2. The van der Waals surface area contributed by atoms with E-state index < -0.39 is 22.5 Å². The molecule has 0 aliphatic rings. The third-order valence-electron chi connectivity index (χ3n) is 7.24. The predicted octanol–water partition coefficient (Wildman–Crippen LogP) is 5.42. The van der Waals surface area contributed by atoms with Crippen molar-refractivity contribution >= 4 is 43.3 Å². The molecule has 4 heteroatoms. The summed E-state index contributed by atoms with van der Waals surface area (Å²) in [7, 11) is -7.88. The highest BCUT2D eigenvalue weighted by Gasteiger charge is 2.68. The van der Waals surface area contributed by atoms with Gasteiger partial charge in [0.2, 0.25) is 7.83 Å². The van der Waals surface area contributed by atoms with Crippen LogP contribution in [0.1, 0.15) is 20.8 Å². The van der Waals surface area contributed by atoms with Crippen LogP contribution in [0, 0.1) is 0 Å². The van der Waals surface area contributed by atoms with Gasteiger partial charge in [-0.25, -0.2) is 0 Å². The molecular formula is C32H38OSi3. The molecule has 0 N–H and O–H groups in total. The van der Waals surface area contributed by atoms with Crippen LogP contribution in [0.5, 0.6) is 0 Å². The van der Waals surface area contributed by atoms with E-state index in [1.54, 1.807) is 0 Å². The lowest BCUT2D eigenvalue weighted by atomic mass is 10.2. The van der Waals surface area contributed by atoms with E-state index in [1.165, 1.54) is 20.7 Å². The minimum atomic E-state index is -2.97. The fourth-order valence-corrected chi connectivity index (χ4v) is 44.6. The number of hydrogen-bond acceptors (Lipinski definition) is 1. The quantitative estimate of drug-likeness (QED) is 0.281. The van der Waals surface area contributed by atoms with Crippen LogP contribution in [-0.4, -0.2) is 28.1 Å². The smallest absolute Gasteiger partial charge is 0.249 e. The molecule has 36 heavy (non-hydrogen) atoms. The van der Waals surface area contributed by atoms with E-state index in [0.717, 1.165) is 0 Å². The second kappa shape index (κ2) is 10.3. The van der Waals surface area contributed by atoms with Crippen LogP contribution in [0.25, 0.3) is 0 Å². The van der Waals surface area contributed by atoms with Crippen molar-refractivity contribution in [2.75, 3.05) is 0 Å². The van der Waals surface area contributed by atoms with Crippen molar-refractivity contribution in [3.63, 3.8) is 0 Å². The Morgan fingerprint density at radius 2 is 0.861 bits per heavy atom. The molecule has 4 rings (SSSR count). The van der Waals surface area contributed by atoms with Crippen molar-refractivity contribution in [1.29, 1.82) is 0 Å². The average molecular weight is 523 g/mol. The standard InChI is InChI=1S/C32H38OSi3/c1-7-34(5,6)36(30-24-16-10-17-25-30,31-26-18-11-19-27-31)35(33-32(2,3)4,28-20-12-8-13-21-28)29-22-14-9-15-23-29/h7-27H,1H2,2-6H3. The van der Waals surface area contributed by atoms with Crippen molar-refractivity contribution in [2.45, 2.75) is 39.5 Å². The normalized spacial score (nSPS) is 12.8. The SMILES string of the molecule is C=C[Si](C)(C)[Si](c1ccccc1)(c1ccccc1)[Si](OC(C)(C)C)(c1ccccc1)c1ccccc1. The first kappa shape index (κ1) is 26.3. The molecule has 0 radical (unpaired) electrons. The number of benzene rings is 4. The monoisotopic (exact) mass is 522 g/mol. The maximum absolute atomic E-state index is 7.75. The third kappa shape index (κ3) is 4.43. The second-order valence-corrected chi connectivity index (χ2v) is 32.2. The van der Waals surface area contributed by atoms with Gasteiger partial charge in [0.05, 0.1) is 7.59 Å². The number of rotatable bonds is 8. The molecule has 0 fully saturated rings. The lowest BCUT2D eigenvalue weighted by Crippen LogP contribution is -2.95. The van der Waals surface area contributed by atoms with Crippen LogP contribution in [0.2, 0.25) is 13.1 Å². The van der Waals surface area contributed by atoms with Crippen LogP contribution in [-0.2, 0) is 4.43 Å². The van der Waals surface area contributed by atoms with Crippen LogP contribution >= 0.6 is 0 Å². The van der Waals surface area contributed by atoms with E-state index in [0.29, 0.717) is 0 Å². The topological polar surface area (TPSA) is 9.23 Å². The van der Waals surface area contributed by atoms with Gasteiger partial charge in [-0.3, -0.25) is 0 Å². The third-order valence-corrected chi connectivity index (χ3v) is 40.9. The van der Waals surface area contributed by atoms with Crippen LogP contribution < -0.4 is 20.7 Å². The summed E-state index contributed by atoms with van der Waals surface area (Å²) in [6.45, 7) is 16.2. The van der Waals surface area contributed by atoms with Gasteiger partial charge >= 0.3 is 0 Å². The van der Waals surface area contributed by atoms with Gasteiger partial charge in [-0.1, -0.05) is 145 Å². The zero-order chi connectivity index (χ0) is 25.9. The molecule has 1 nitrogen and oxygen atoms in total. The molecule has 0 unspecified atom stereocenters. The zero-order valence-electron chi connectivity index (χ0n) is 22.2. The molecule has 4 aromatic carbocycles. The molecule has 0 amide bonds. The first-order valence-electron chi connectivity index (χ1n) is 12.7. The second-order valence-electron chi connectivity index (χ2n) is 11.0. The van der Waals surface area contributed by atoms with Crippen LogP contribution in [0.15, 0.2) is 134 Å². The summed E-state index contributed by atoms with van der Waals surface area (Å²) < 4.78 is 7.75. The molecule has 0 atom stereocenters. The van der Waals surface area contributed by atoms with Crippen molar-refractivity contribution in [1.82, 2.24) is 0 Å². The van der Waals surface area contributed by atoms with E-state index in [1.807, 2.05) is 0 Å². The van der Waals surface area contributed by atoms with E-state index >= 15 is 0 Å². The summed E-state index contributed by atoms with van der Waals surface area (Å²) >= 11 is 0. The summed E-state index contributed by atoms with van der Waals surface area (Å²) in [5, 5.41) is 5.56. The molecule has 0 aliphatic heterocycles. The minimum Gasteiger partial charge on any atom is -0.406 e. The van der Waals surface area contributed by atoms with Crippen molar-refractivity contribution < 1.29 is 4.43 Å². The Labute approximate surface area is 220 Å². The van der Waals surface area contributed by atoms with Gasteiger partial charge in [-0.05, 0) is 31.1 Å². The summed E-state index contributed by atoms with van der Waals surface area (Å²) in [4.78, 5) is 0. The molecule has 0 aromatic heterocycles. The molecule has 0 saturated heterocycles. The summed E-state index contributed by atoms with van der Waals surface area (Å²) in [5.74, 6) is 0. The molecule has 0 heterocycles. The number of hydrogen-bond donors (Lipinski definition) is 0. The Bertz CT molecular complexity index is 1190. The van der Waals surface area contributed by atoms with Gasteiger partial charge in [0, 0.05) is 5.60 Å². The van der Waals surface area contributed by atoms with Crippen molar-refractivity contribution in [3.05, 3.63) is 134 Å². The molecular weight excluding hydrogens is 485 g/mol. The Morgan fingerprint density at radius 3 is 1.14 bits per heavy atom. The summed E-state index contributed by atoms with van der Waals surface area (Å²) in [5.41, 5.74) is 1.99. The largest absolute Gasteiger partial charge is 0.406 e.